The Bertz CT molecular complexity index is 1450. The van der Waals surface area contributed by atoms with Crippen molar-refractivity contribution in [1.29, 1.82) is 0 Å². The Labute approximate surface area is 189 Å². The lowest BCUT2D eigenvalue weighted by molar-refractivity contribution is 0.802. The molecule has 30 heavy (non-hydrogen) atoms. The van der Waals surface area contributed by atoms with E-state index in [9.17, 15) is 4.79 Å². The third-order valence-corrected chi connectivity index (χ3v) is 7.23. The fourth-order valence-corrected chi connectivity index (χ4v) is 5.73. The van der Waals surface area contributed by atoms with Crippen molar-refractivity contribution in [3.05, 3.63) is 80.1 Å². The normalized spacial score (nSPS) is 11.6. The summed E-state index contributed by atoms with van der Waals surface area (Å²) >= 11 is 15.3. The van der Waals surface area contributed by atoms with Crippen molar-refractivity contribution >= 4 is 67.6 Å². The number of thiophene rings is 1. The van der Waals surface area contributed by atoms with E-state index in [0.29, 0.717) is 32.8 Å². The summed E-state index contributed by atoms with van der Waals surface area (Å²) in [7, 11) is 1.83. The van der Waals surface area contributed by atoms with Crippen molar-refractivity contribution in [3.63, 3.8) is 0 Å². The summed E-state index contributed by atoms with van der Waals surface area (Å²) in [6, 6.07) is 13.0. The number of hydrogen-bond acceptors (Lipinski definition) is 5. The minimum Gasteiger partial charge on any atom is -0.318 e. The largest absolute Gasteiger partial charge is 0.318 e. The van der Waals surface area contributed by atoms with Gasteiger partial charge in [0.1, 0.15) is 0 Å². The second kappa shape index (κ2) is 7.74. The van der Waals surface area contributed by atoms with Crippen LogP contribution in [0.5, 0.6) is 0 Å². The van der Waals surface area contributed by atoms with Crippen LogP contribution in [0, 0.1) is 0 Å². The lowest BCUT2D eigenvalue weighted by Gasteiger charge is -2.12. The average molecular weight is 473 g/mol. The predicted octanol–water partition coefficient (Wildman–Crippen LogP) is 5.93. The van der Waals surface area contributed by atoms with E-state index in [1.165, 1.54) is 22.7 Å². The standard InChI is InChI=1S/C21H14Cl2N4OS2/c1-26-11-24-18-19(26)25-21(27(20(18)28)15-5-2-13(22)3-6-15)30-10-12-9-29-17-8-14(23)4-7-16(12)17/h2-9,11H,10H2,1H3. The molecule has 0 fully saturated rings. The maximum absolute atomic E-state index is 13.2. The van der Waals surface area contributed by atoms with Gasteiger partial charge in [0.2, 0.25) is 0 Å². The van der Waals surface area contributed by atoms with E-state index in [-0.39, 0.29) is 5.56 Å². The third kappa shape index (κ3) is 3.41. The number of halogens is 2. The highest BCUT2D eigenvalue weighted by Crippen LogP contribution is 2.33. The monoisotopic (exact) mass is 472 g/mol. The third-order valence-electron chi connectivity index (χ3n) is 4.76. The number of imidazole rings is 1. The first-order valence-corrected chi connectivity index (χ1v) is 11.6. The molecule has 0 radical (unpaired) electrons. The zero-order chi connectivity index (χ0) is 20.8. The molecule has 0 atom stereocenters. The van der Waals surface area contributed by atoms with Crippen LogP contribution in [0.2, 0.25) is 10.0 Å². The van der Waals surface area contributed by atoms with Gasteiger partial charge in [-0.05, 0) is 52.7 Å². The summed E-state index contributed by atoms with van der Waals surface area (Å²) in [6.07, 6.45) is 1.61. The second-order valence-electron chi connectivity index (χ2n) is 6.73. The van der Waals surface area contributed by atoms with E-state index >= 15 is 0 Å². The molecule has 0 aliphatic rings. The molecule has 9 heteroatoms. The summed E-state index contributed by atoms with van der Waals surface area (Å²) in [5.41, 5.74) is 2.59. The van der Waals surface area contributed by atoms with E-state index in [2.05, 4.69) is 10.4 Å². The molecular formula is C21H14Cl2N4OS2. The number of nitrogens with zero attached hydrogens (tertiary/aromatic N) is 4. The molecule has 0 saturated heterocycles. The zero-order valence-electron chi connectivity index (χ0n) is 15.7. The number of benzene rings is 2. The first kappa shape index (κ1) is 19.6. The van der Waals surface area contributed by atoms with E-state index in [0.717, 1.165) is 9.72 Å². The van der Waals surface area contributed by atoms with Crippen LogP contribution in [0.3, 0.4) is 0 Å². The Balaban J connectivity index is 1.61. The minimum atomic E-state index is -0.201. The van der Waals surface area contributed by atoms with Gasteiger partial charge in [0.15, 0.2) is 16.3 Å². The molecule has 0 amide bonds. The lowest BCUT2D eigenvalue weighted by atomic mass is 10.2. The van der Waals surface area contributed by atoms with Gasteiger partial charge in [0, 0.05) is 27.5 Å². The molecule has 3 aromatic heterocycles. The fraction of sp³-hybridized carbons (Fsp3) is 0.0952. The summed E-state index contributed by atoms with van der Waals surface area (Å²) in [5.74, 6) is 0.672. The van der Waals surface area contributed by atoms with Crippen molar-refractivity contribution in [1.82, 2.24) is 19.1 Å². The van der Waals surface area contributed by atoms with Crippen LogP contribution in [0.4, 0.5) is 0 Å². The molecule has 5 aromatic rings. The smallest absolute Gasteiger partial charge is 0.286 e. The Kier molecular flexibility index (Phi) is 5.06. The second-order valence-corrected chi connectivity index (χ2v) is 9.46. The first-order valence-electron chi connectivity index (χ1n) is 9.00. The number of fused-ring (bicyclic) bond motifs is 2. The van der Waals surface area contributed by atoms with Crippen LogP contribution in [0.25, 0.3) is 26.9 Å². The molecule has 0 aliphatic carbocycles. The van der Waals surface area contributed by atoms with Crippen molar-refractivity contribution < 1.29 is 0 Å². The summed E-state index contributed by atoms with van der Waals surface area (Å²) in [4.78, 5) is 22.3. The van der Waals surface area contributed by atoms with Crippen LogP contribution in [0.15, 0.2) is 64.1 Å². The number of rotatable bonds is 4. The van der Waals surface area contributed by atoms with Gasteiger partial charge in [0.05, 0.1) is 12.0 Å². The Morgan fingerprint density at radius 2 is 1.87 bits per heavy atom. The number of aryl methyl sites for hydroxylation is 1. The van der Waals surface area contributed by atoms with Crippen molar-refractivity contribution in [2.45, 2.75) is 10.9 Å². The van der Waals surface area contributed by atoms with Gasteiger partial charge in [0.25, 0.3) is 5.56 Å². The van der Waals surface area contributed by atoms with Gasteiger partial charge in [-0.1, -0.05) is 41.0 Å². The molecule has 3 heterocycles. The Morgan fingerprint density at radius 1 is 1.10 bits per heavy atom. The van der Waals surface area contributed by atoms with Crippen LogP contribution in [-0.2, 0) is 12.8 Å². The van der Waals surface area contributed by atoms with Crippen LogP contribution >= 0.6 is 46.3 Å². The van der Waals surface area contributed by atoms with Gasteiger partial charge in [-0.25, -0.2) is 9.97 Å². The first-order chi connectivity index (χ1) is 14.5. The summed E-state index contributed by atoms with van der Waals surface area (Å²) in [6.45, 7) is 0. The number of aromatic nitrogens is 4. The molecule has 0 saturated carbocycles. The molecule has 150 valence electrons. The molecule has 0 aliphatic heterocycles. The summed E-state index contributed by atoms with van der Waals surface area (Å²) in [5, 5.41) is 5.23. The fourth-order valence-electron chi connectivity index (χ4n) is 3.27. The van der Waals surface area contributed by atoms with Gasteiger partial charge in [-0.15, -0.1) is 11.3 Å². The highest BCUT2D eigenvalue weighted by molar-refractivity contribution is 7.98. The number of thioether (sulfide) groups is 1. The van der Waals surface area contributed by atoms with Gasteiger partial charge in [-0.2, -0.15) is 0 Å². The maximum atomic E-state index is 13.2. The van der Waals surface area contributed by atoms with E-state index in [1.54, 1.807) is 38.9 Å². The van der Waals surface area contributed by atoms with Gasteiger partial charge >= 0.3 is 0 Å². The molecule has 5 rings (SSSR count). The van der Waals surface area contributed by atoms with E-state index in [1.807, 2.05) is 37.4 Å². The molecule has 0 N–H and O–H groups in total. The molecule has 0 spiro atoms. The van der Waals surface area contributed by atoms with Gasteiger partial charge < -0.3 is 4.57 Å². The van der Waals surface area contributed by atoms with Crippen LogP contribution in [-0.4, -0.2) is 19.1 Å². The Hall–Kier alpha value is -2.32. The zero-order valence-corrected chi connectivity index (χ0v) is 18.8. The molecular weight excluding hydrogens is 459 g/mol. The molecule has 0 bridgehead atoms. The van der Waals surface area contributed by atoms with Crippen molar-refractivity contribution in [2.75, 3.05) is 0 Å². The Morgan fingerprint density at radius 3 is 2.67 bits per heavy atom. The minimum absolute atomic E-state index is 0.201. The highest BCUT2D eigenvalue weighted by atomic mass is 35.5. The average Bonchev–Trinajstić information content (AvgIpc) is 3.31. The van der Waals surface area contributed by atoms with E-state index < -0.39 is 0 Å². The molecule has 5 nitrogen and oxygen atoms in total. The topological polar surface area (TPSA) is 52.7 Å². The lowest BCUT2D eigenvalue weighted by Crippen LogP contribution is -2.22. The molecule has 0 unspecified atom stereocenters. The van der Waals surface area contributed by atoms with Crippen molar-refractivity contribution in [3.8, 4) is 5.69 Å². The van der Waals surface area contributed by atoms with Crippen molar-refractivity contribution in [2.24, 2.45) is 7.05 Å². The number of hydrogen-bond donors (Lipinski definition) is 0. The SMILES string of the molecule is Cn1cnc2c(=O)n(-c3ccc(Cl)cc3)c(SCc3csc4cc(Cl)ccc34)nc21. The van der Waals surface area contributed by atoms with Crippen LogP contribution in [0.1, 0.15) is 5.56 Å². The molecule has 2 aromatic carbocycles. The maximum Gasteiger partial charge on any atom is 0.286 e. The quantitative estimate of drug-likeness (QED) is 0.240. The van der Waals surface area contributed by atoms with Gasteiger partial charge in [-0.3, -0.25) is 9.36 Å². The summed E-state index contributed by atoms with van der Waals surface area (Å²) < 4.78 is 4.50. The van der Waals surface area contributed by atoms with Crippen LogP contribution < -0.4 is 5.56 Å². The highest BCUT2D eigenvalue weighted by Gasteiger charge is 2.17. The van der Waals surface area contributed by atoms with E-state index in [4.69, 9.17) is 28.2 Å². The predicted molar refractivity (Wildman–Crippen MR) is 126 cm³/mol.